The van der Waals surface area contributed by atoms with Crippen LogP contribution < -0.4 is 0 Å². The molecule has 1 amide bonds. The Labute approximate surface area is 169 Å². The molecule has 2 aliphatic heterocycles. The lowest BCUT2D eigenvalue weighted by Gasteiger charge is -2.34. The van der Waals surface area contributed by atoms with Crippen LogP contribution in [0.4, 0.5) is 0 Å². The van der Waals surface area contributed by atoms with Gasteiger partial charge in [0.2, 0.25) is 5.91 Å². The van der Waals surface area contributed by atoms with Crippen molar-refractivity contribution in [2.45, 2.75) is 31.7 Å². The number of thiazole rings is 1. The van der Waals surface area contributed by atoms with E-state index in [2.05, 4.69) is 52.3 Å². The number of fused-ring (bicyclic) bond motifs is 2. The molecule has 0 radical (unpaired) electrons. The molecule has 1 atom stereocenters. The van der Waals surface area contributed by atoms with Gasteiger partial charge >= 0.3 is 0 Å². The molecule has 5 heteroatoms. The summed E-state index contributed by atoms with van der Waals surface area (Å²) in [7, 11) is 0. The fraction of sp³-hybridized carbons (Fsp3) is 0.391. The standard InChI is InChI=1S/C23H25N3OS/c27-22(16-25-13-11-17-6-1-2-7-18(17)14-25)26-12-5-8-19(15-26)23-24-20-9-3-4-10-21(20)28-23/h1-4,6-7,9-10,19H,5,8,11-16H2/t19-/m0/s1. The van der Waals surface area contributed by atoms with Crippen molar-refractivity contribution >= 4 is 27.5 Å². The highest BCUT2D eigenvalue weighted by Gasteiger charge is 2.28. The zero-order chi connectivity index (χ0) is 18.9. The fourth-order valence-electron chi connectivity index (χ4n) is 4.45. The number of aromatic nitrogens is 1. The molecule has 144 valence electrons. The Kier molecular flexibility index (Phi) is 4.87. The van der Waals surface area contributed by atoms with Crippen LogP contribution in [0.2, 0.25) is 0 Å². The molecule has 28 heavy (non-hydrogen) atoms. The maximum atomic E-state index is 13.0. The molecule has 1 aromatic heterocycles. The van der Waals surface area contributed by atoms with E-state index < -0.39 is 0 Å². The van der Waals surface area contributed by atoms with Gasteiger partial charge in [-0.1, -0.05) is 36.4 Å². The zero-order valence-corrected chi connectivity index (χ0v) is 16.8. The minimum atomic E-state index is 0.269. The van der Waals surface area contributed by atoms with Crippen molar-refractivity contribution in [2.24, 2.45) is 0 Å². The Morgan fingerprint density at radius 2 is 1.89 bits per heavy atom. The first-order valence-electron chi connectivity index (χ1n) is 10.2. The van der Waals surface area contributed by atoms with E-state index in [-0.39, 0.29) is 5.91 Å². The van der Waals surface area contributed by atoms with Gasteiger partial charge in [-0.15, -0.1) is 11.3 Å². The molecule has 4 nitrogen and oxygen atoms in total. The molecule has 5 rings (SSSR count). The maximum Gasteiger partial charge on any atom is 0.236 e. The van der Waals surface area contributed by atoms with E-state index in [0.29, 0.717) is 12.5 Å². The highest BCUT2D eigenvalue weighted by molar-refractivity contribution is 7.18. The second kappa shape index (κ2) is 7.64. The van der Waals surface area contributed by atoms with E-state index in [1.165, 1.54) is 20.8 Å². The quantitative estimate of drug-likeness (QED) is 0.676. The Bertz CT molecular complexity index is 965. The lowest BCUT2D eigenvalue weighted by atomic mass is 9.98. The SMILES string of the molecule is O=C(CN1CCc2ccccc2C1)N1CCC[C@H](c2nc3ccccc3s2)C1. The average molecular weight is 392 g/mol. The molecular weight excluding hydrogens is 366 g/mol. The van der Waals surface area contributed by atoms with Crippen molar-refractivity contribution in [3.63, 3.8) is 0 Å². The molecule has 3 aromatic rings. The normalized spacial score (nSPS) is 20.3. The van der Waals surface area contributed by atoms with Gasteiger partial charge in [0.25, 0.3) is 0 Å². The summed E-state index contributed by atoms with van der Waals surface area (Å²) in [5.41, 5.74) is 3.88. The highest BCUT2D eigenvalue weighted by Crippen LogP contribution is 2.33. The first-order chi connectivity index (χ1) is 13.8. The number of hydrogen-bond donors (Lipinski definition) is 0. The van der Waals surface area contributed by atoms with Gasteiger partial charge in [-0.05, 0) is 42.5 Å². The highest BCUT2D eigenvalue weighted by atomic mass is 32.1. The third-order valence-corrected chi connectivity index (χ3v) is 7.20. The second-order valence-electron chi connectivity index (χ2n) is 7.93. The number of amides is 1. The van der Waals surface area contributed by atoms with Gasteiger partial charge < -0.3 is 4.90 Å². The first kappa shape index (κ1) is 17.8. The van der Waals surface area contributed by atoms with Gasteiger partial charge in [-0.25, -0.2) is 4.98 Å². The summed E-state index contributed by atoms with van der Waals surface area (Å²) in [6.07, 6.45) is 3.23. The number of likely N-dealkylation sites (tertiary alicyclic amines) is 1. The van der Waals surface area contributed by atoms with Crippen molar-refractivity contribution in [1.82, 2.24) is 14.8 Å². The number of nitrogens with zero attached hydrogens (tertiary/aromatic N) is 3. The zero-order valence-electron chi connectivity index (χ0n) is 16.0. The third-order valence-electron chi connectivity index (χ3n) is 6.00. The number of para-hydroxylation sites is 1. The number of carbonyl (C=O) groups excluding carboxylic acids is 1. The topological polar surface area (TPSA) is 36.4 Å². The van der Waals surface area contributed by atoms with E-state index >= 15 is 0 Å². The largest absolute Gasteiger partial charge is 0.341 e. The van der Waals surface area contributed by atoms with Gasteiger partial charge in [-0.3, -0.25) is 9.69 Å². The van der Waals surface area contributed by atoms with Crippen molar-refractivity contribution in [3.05, 3.63) is 64.7 Å². The van der Waals surface area contributed by atoms with E-state index in [1.54, 1.807) is 11.3 Å². The lowest BCUT2D eigenvalue weighted by molar-refractivity contribution is -0.133. The van der Waals surface area contributed by atoms with Crippen LogP contribution in [0.25, 0.3) is 10.2 Å². The number of carbonyl (C=O) groups is 1. The molecule has 0 unspecified atom stereocenters. The molecule has 2 aromatic carbocycles. The molecule has 0 N–H and O–H groups in total. The van der Waals surface area contributed by atoms with Crippen LogP contribution in [0.3, 0.4) is 0 Å². The van der Waals surface area contributed by atoms with Crippen LogP contribution in [-0.2, 0) is 17.8 Å². The van der Waals surface area contributed by atoms with E-state index in [0.717, 1.165) is 51.0 Å². The summed E-state index contributed by atoms with van der Waals surface area (Å²) in [6, 6.07) is 16.9. The summed E-state index contributed by atoms with van der Waals surface area (Å²) in [4.78, 5) is 22.2. The molecule has 0 aliphatic carbocycles. The third kappa shape index (κ3) is 3.56. The average Bonchev–Trinajstić information content (AvgIpc) is 3.18. The summed E-state index contributed by atoms with van der Waals surface area (Å²) in [5, 5.41) is 1.19. The van der Waals surface area contributed by atoms with Gasteiger partial charge in [0.15, 0.2) is 0 Å². The Morgan fingerprint density at radius 1 is 1.07 bits per heavy atom. The van der Waals surface area contributed by atoms with Crippen molar-refractivity contribution in [3.8, 4) is 0 Å². The van der Waals surface area contributed by atoms with E-state index in [9.17, 15) is 4.79 Å². The molecule has 0 bridgehead atoms. The van der Waals surface area contributed by atoms with Crippen LogP contribution in [0, 0.1) is 0 Å². The van der Waals surface area contributed by atoms with Crippen LogP contribution in [0.15, 0.2) is 48.5 Å². The number of hydrogen-bond acceptors (Lipinski definition) is 4. The predicted octanol–water partition coefficient (Wildman–Crippen LogP) is 4.06. The molecule has 0 spiro atoms. The van der Waals surface area contributed by atoms with Crippen molar-refractivity contribution in [1.29, 1.82) is 0 Å². The second-order valence-corrected chi connectivity index (χ2v) is 8.99. The summed E-state index contributed by atoms with van der Waals surface area (Å²) in [5.74, 6) is 0.641. The minimum Gasteiger partial charge on any atom is -0.341 e. The predicted molar refractivity (Wildman–Crippen MR) is 114 cm³/mol. The van der Waals surface area contributed by atoms with Crippen molar-refractivity contribution < 1.29 is 4.79 Å². The van der Waals surface area contributed by atoms with Crippen LogP contribution in [0.5, 0.6) is 0 Å². The Hall–Kier alpha value is -2.24. The minimum absolute atomic E-state index is 0.269. The van der Waals surface area contributed by atoms with Gasteiger partial charge in [0.05, 0.1) is 21.8 Å². The molecular formula is C23H25N3OS. The summed E-state index contributed by atoms with van der Waals surface area (Å²) < 4.78 is 1.24. The van der Waals surface area contributed by atoms with Gasteiger partial charge in [-0.2, -0.15) is 0 Å². The molecule has 1 saturated heterocycles. The van der Waals surface area contributed by atoms with Crippen LogP contribution in [-0.4, -0.2) is 46.9 Å². The van der Waals surface area contributed by atoms with Gasteiger partial charge in [0.1, 0.15) is 0 Å². The van der Waals surface area contributed by atoms with Gasteiger partial charge in [0, 0.05) is 32.1 Å². The number of piperidine rings is 1. The Morgan fingerprint density at radius 3 is 2.79 bits per heavy atom. The molecule has 3 heterocycles. The maximum absolute atomic E-state index is 13.0. The van der Waals surface area contributed by atoms with E-state index in [1.807, 2.05) is 6.07 Å². The van der Waals surface area contributed by atoms with Crippen LogP contribution >= 0.6 is 11.3 Å². The number of rotatable bonds is 3. The fourth-order valence-corrected chi connectivity index (χ4v) is 5.54. The number of benzene rings is 2. The summed E-state index contributed by atoms with van der Waals surface area (Å²) in [6.45, 7) is 4.07. The lowest BCUT2D eigenvalue weighted by Crippen LogP contribution is -2.45. The monoisotopic (exact) mass is 391 g/mol. The molecule has 0 saturated carbocycles. The van der Waals surface area contributed by atoms with Crippen LogP contribution in [0.1, 0.15) is 34.9 Å². The smallest absolute Gasteiger partial charge is 0.236 e. The first-order valence-corrected chi connectivity index (χ1v) is 11.0. The van der Waals surface area contributed by atoms with Crippen molar-refractivity contribution in [2.75, 3.05) is 26.2 Å². The Balaban J connectivity index is 1.24. The molecule has 2 aliphatic rings. The van der Waals surface area contributed by atoms with E-state index in [4.69, 9.17) is 4.98 Å². The molecule has 1 fully saturated rings. The summed E-state index contributed by atoms with van der Waals surface area (Å²) >= 11 is 1.79.